The molecule has 0 aliphatic rings. The van der Waals surface area contributed by atoms with Gasteiger partial charge in [0.2, 0.25) is 0 Å². The highest BCUT2D eigenvalue weighted by molar-refractivity contribution is 5.69. The van der Waals surface area contributed by atoms with Crippen LogP contribution in [0.25, 0.3) is 0 Å². The topological polar surface area (TPSA) is 80.0 Å². The molecule has 6 nitrogen and oxygen atoms in total. The molecule has 0 radical (unpaired) electrons. The summed E-state index contributed by atoms with van der Waals surface area (Å²) in [4.78, 5) is 11.3. The standard InChI is InChI=1S/C15H31NO5/c1-3-4-5-18-6-7-19-8-9-20-10-11-21-15(17)12-14(2)13-16/h14H,3-13,16H2,1-2H3. The molecule has 0 fully saturated rings. The normalized spacial score (nSPS) is 12.3. The van der Waals surface area contributed by atoms with E-state index < -0.39 is 0 Å². The van der Waals surface area contributed by atoms with Crippen molar-refractivity contribution in [1.82, 2.24) is 0 Å². The molecule has 0 amide bonds. The zero-order valence-corrected chi connectivity index (χ0v) is 13.5. The van der Waals surface area contributed by atoms with Crippen molar-refractivity contribution in [3.63, 3.8) is 0 Å². The molecule has 0 aromatic heterocycles. The maximum absolute atomic E-state index is 11.3. The van der Waals surface area contributed by atoms with Crippen molar-refractivity contribution in [2.75, 3.05) is 52.8 Å². The quantitative estimate of drug-likeness (QED) is 0.363. The van der Waals surface area contributed by atoms with Gasteiger partial charge < -0.3 is 24.7 Å². The molecule has 0 aliphatic heterocycles. The van der Waals surface area contributed by atoms with Gasteiger partial charge in [0.15, 0.2) is 0 Å². The van der Waals surface area contributed by atoms with Gasteiger partial charge >= 0.3 is 5.97 Å². The number of carbonyl (C=O) groups excluding carboxylic acids is 1. The lowest BCUT2D eigenvalue weighted by molar-refractivity contribution is -0.146. The molecular weight excluding hydrogens is 274 g/mol. The summed E-state index contributed by atoms with van der Waals surface area (Å²) in [5.41, 5.74) is 5.43. The van der Waals surface area contributed by atoms with E-state index in [1.165, 1.54) is 0 Å². The summed E-state index contributed by atoms with van der Waals surface area (Å²) in [6.07, 6.45) is 2.59. The Hall–Kier alpha value is -0.690. The Bertz CT molecular complexity index is 238. The average molecular weight is 305 g/mol. The third-order valence-corrected chi connectivity index (χ3v) is 2.79. The number of hydrogen-bond donors (Lipinski definition) is 1. The van der Waals surface area contributed by atoms with Gasteiger partial charge in [-0.05, 0) is 18.9 Å². The van der Waals surface area contributed by atoms with Crippen molar-refractivity contribution in [3.8, 4) is 0 Å². The minimum Gasteiger partial charge on any atom is -0.463 e. The molecule has 0 saturated carbocycles. The molecule has 0 aliphatic carbocycles. The van der Waals surface area contributed by atoms with Crippen LogP contribution < -0.4 is 5.73 Å². The first-order chi connectivity index (χ1) is 10.2. The Morgan fingerprint density at radius 1 is 0.952 bits per heavy atom. The molecule has 21 heavy (non-hydrogen) atoms. The molecule has 0 aromatic carbocycles. The molecule has 1 unspecified atom stereocenters. The highest BCUT2D eigenvalue weighted by Gasteiger charge is 2.08. The molecule has 0 bridgehead atoms. The number of rotatable bonds is 15. The van der Waals surface area contributed by atoms with E-state index in [4.69, 9.17) is 24.7 Å². The Balaban J connectivity index is 3.13. The van der Waals surface area contributed by atoms with E-state index in [2.05, 4.69) is 6.92 Å². The fourth-order valence-corrected chi connectivity index (χ4v) is 1.43. The van der Waals surface area contributed by atoms with Crippen molar-refractivity contribution in [3.05, 3.63) is 0 Å². The smallest absolute Gasteiger partial charge is 0.306 e. The van der Waals surface area contributed by atoms with Crippen LogP contribution in [-0.2, 0) is 23.7 Å². The second kappa shape index (κ2) is 15.7. The minimum absolute atomic E-state index is 0.159. The zero-order valence-electron chi connectivity index (χ0n) is 13.5. The molecule has 0 rings (SSSR count). The van der Waals surface area contributed by atoms with E-state index in [0.717, 1.165) is 19.4 Å². The monoisotopic (exact) mass is 305 g/mol. The summed E-state index contributed by atoms with van der Waals surface area (Å²) in [6, 6.07) is 0. The second-order valence-corrected chi connectivity index (χ2v) is 4.96. The van der Waals surface area contributed by atoms with Crippen molar-refractivity contribution in [1.29, 1.82) is 0 Å². The van der Waals surface area contributed by atoms with Crippen LogP contribution in [0.1, 0.15) is 33.1 Å². The summed E-state index contributed by atoms with van der Waals surface area (Å²) in [5.74, 6) is -0.0663. The molecule has 0 saturated heterocycles. The van der Waals surface area contributed by atoms with Crippen molar-refractivity contribution >= 4 is 5.97 Å². The van der Waals surface area contributed by atoms with Gasteiger partial charge in [-0.2, -0.15) is 0 Å². The summed E-state index contributed by atoms with van der Waals surface area (Å²) in [6.45, 7) is 8.22. The van der Waals surface area contributed by atoms with Crippen LogP contribution in [0, 0.1) is 5.92 Å². The van der Waals surface area contributed by atoms with Crippen molar-refractivity contribution < 1.29 is 23.7 Å². The third-order valence-electron chi connectivity index (χ3n) is 2.79. The number of esters is 1. The Morgan fingerprint density at radius 3 is 2.00 bits per heavy atom. The second-order valence-electron chi connectivity index (χ2n) is 4.96. The van der Waals surface area contributed by atoms with E-state index in [-0.39, 0.29) is 18.5 Å². The van der Waals surface area contributed by atoms with Gasteiger partial charge in [-0.1, -0.05) is 20.3 Å². The number of carbonyl (C=O) groups is 1. The Labute approximate surface area is 128 Å². The molecule has 1 atom stereocenters. The zero-order chi connectivity index (χ0) is 15.8. The number of nitrogens with two attached hydrogens (primary N) is 1. The molecule has 0 spiro atoms. The summed E-state index contributed by atoms with van der Waals surface area (Å²) in [7, 11) is 0. The Morgan fingerprint density at radius 2 is 1.48 bits per heavy atom. The SMILES string of the molecule is CCCCOCCOCCOCCOC(=O)CC(C)CN. The van der Waals surface area contributed by atoms with E-state index in [1.54, 1.807) is 0 Å². The van der Waals surface area contributed by atoms with Crippen LogP contribution in [0.15, 0.2) is 0 Å². The lowest BCUT2D eigenvalue weighted by atomic mass is 10.1. The van der Waals surface area contributed by atoms with Gasteiger partial charge in [-0.15, -0.1) is 0 Å². The number of hydrogen-bond acceptors (Lipinski definition) is 6. The fraction of sp³-hybridized carbons (Fsp3) is 0.933. The first-order valence-corrected chi connectivity index (χ1v) is 7.79. The fourth-order valence-electron chi connectivity index (χ4n) is 1.43. The largest absolute Gasteiger partial charge is 0.463 e. The Kier molecular flexibility index (Phi) is 15.2. The number of ether oxygens (including phenoxy) is 4. The van der Waals surface area contributed by atoms with Crippen molar-refractivity contribution in [2.45, 2.75) is 33.1 Å². The van der Waals surface area contributed by atoms with Crippen LogP contribution in [0.2, 0.25) is 0 Å². The first kappa shape index (κ1) is 20.3. The maximum atomic E-state index is 11.3. The molecule has 0 aromatic rings. The van der Waals surface area contributed by atoms with Crippen LogP contribution >= 0.6 is 0 Å². The molecular formula is C15H31NO5. The molecule has 0 heterocycles. The van der Waals surface area contributed by atoms with Gasteiger partial charge in [0.25, 0.3) is 0 Å². The van der Waals surface area contributed by atoms with Crippen LogP contribution in [0.3, 0.4) is 0 Å². The van der Waals surface area contributed by atoms with Crippen molar-refractivity contribution in [2.24, 2.45) is 11.7 Å². The third kappa shape index (κ3) is 15.5. The molecule has 2 N–H and O–H groups in total. The summed E-state index contributed by atoms with van der Waals surface area (Å²) < 4.78 is 21.0. The van der Waals surface area contributed by atoms with E-state index >= 15 is 0 Å². The van der Waals surface area contributed by atoms with Crippen LogP contribution in [0.5, 0.6) is 0 Å². The highest BCUT2D eigenvalue weighted by atomic mass is 16.6. The van der Waals surface area contributed by atoms with E-state index in [1.807, 2.05) is 6.92 Å². The lowest BCUT2D eigenvalue weighted by Crippen LogP contribution is -2.18. The van der Waals surface area contributed by atoms with E-state index in [9.17, 15) is 4.79 Å². The van der Waals surface area contributed by atoms with E-state index in [0.29, 0.717) is 46.0 Å². The maximum Gasteiger partial charge on any atom is 0.306 e. The van der Waals surface area contributed by atoms with Gasteiger partial charge in [0, 0.05) is 13.0 Å². The summed E-state index contributed by atoms with van der Waals surface area (Å²) in [5, 5.41) is 0. The van der Waals surface area contributed by atoms with Crippen LogP contribution in [-0.4, -0.2) is 58.8 Å². The lowest BCUT2D eigenvalue weighted by Gasteiger charge is -2.09. The molecule has 6 heteroatoms. The van der Waals surface area contributed by atoms with Gasteiger partial charge in [-0.25, -0.2) is 0 Å². The van der Waals surface area contributed by atoms with Gasteiger partial charge in [0.1, 0.15) is 6.61 Å². The van der Waals surface area contributed by atoms with Gasteiger partial charge in [-0.3, -0.25) is 4.79 Å². The number of unbranched alkanes of at least 4 members (excludes halogenated alkanes) is 1. The minimum atomic E-state index is -0.225. The highest BCUT2D eigenvalue weighted by Crippen LogP contribution is 2.00. The molecule has 126 valence electrons. The predicted octanol–water partition coefficient (Wildman–Crippen LogP) is 1.36. The first-order valence-electron chi connectivity index (χ1n) is 7.79. The predicted molar refractivity (Wildman–Crippen MR) is 81.2 cm³/mol. The average Bonchev–Trinajstić information content (AvgIpc) is 2.48. The van der Waals surface area contributed by atoms with Gasteiger partial charge in [0.05, 0.1) is 33.0 Å². The summed E-state index contributed by atoms with van der Waals surface area (Å²) >= 11 is 0. The van der Waals surface area contributed by atoms with Crippen LogP contribution in [0.4, 0.5) is 0 Å².